The summed E-state index contributed by atoms with van der Waals surface area (Å²) in [5.74, 6) is 1.53. The van der Waals surface area contributed by atoms with Crippen LogP contribution in [0.5, 0.6) is 0 Å². The average molecular weight is 300 g/mol. The summed E-state index contributed by atoms with van der Waals surface area (Å²) >= 11 is 3.49. The molecule has 1 aromatic rings. The van der Waals surface area contributed by atoms with Gasteiger partial charge in [-0.15, -0.1) is 0 Å². The van der Waals surface area contributed by atoms with Gasteiger partial charge in [0.25, 0.3) is 5.91 Å². The molecular weight excluding hydrogens is 282 g/mol. The summed E-state index contributed by atoms with van der Waals surface area (Å²) in [7, 11) is 0. The second-order valence-corrected chi connectivity index (χ2v) is 5.50. The largest absolute Gasteiger partial charge is 0.466 e. The van der Waals surface area contributed by atoms with Crippen LogP contribution < -0.4 is 5.32 Å². The number of aryl methyl sites for hydroxylation is 2. The van der Waals surface area contributed by atoms with E-state index >= 15 is 0 Å². The van der Waals surface area contributed by atoms with E-state index in [4.69, 9.17) is 4.42 Å². The fraction of sp³-hybridized carbons (Fsp3) is 0.615. The van der Waals surface area contributed by atoms with E-state index in [2.05, 4.69) is 21.2 Å². The molecule has 0 spiro atoms. The first-order valence-electron chi connectivity index (χ1n) is 5.94. The molecule has 1 fully saturated rings. The van der Waals surface area contributed by atoms with Gasteiger partial charge in [0.2, 0.25) is 0 Å². The zero-order chi connectivity index (χ0) is 12.6. The summed E-state index contributed by atoms with van der Waals surface area (Å²) in [6, 6.07) is 0. The van der Waals surface area contributed by atoms with Crippen LogP contribution in [0, 0.1) is 20.8 Å². The Morgan fingerprint density at radius 3 is 2.35 bits per heavy atom. The second kappa shape index (κ2) is 4.48. The molecule has 0 aliphatic heterocycles. The molecule has 1 aliphatic rings. The monoisotopic (exact) mass is 299 g/mol. The van der Waals surface area contributed by atoms with Crippen LogP contribution in [0.2, 0.25) is 0 Å². The van der Waals surface area contributed by atoms with Crippen molar-refractivity contribution < 1.29 is 9.21 Å². The van der Waals surface area contributed by atoms with Gasteiger partial charge in [0.05, 0.1) is 11.1 Å². The highest BCUT2D eigenvalue weighted by molar-refractivity contribution is 9.09. The van der Waals surface area contributed by atoms with Gasteiger partial charge in [0.15, 0.2) is 0 Å². The Labute approximate surface area is 110 Å². The fourth-order valence-electron chi connectivity index (χ4n) is 2.33. The lowest BCUT2D eigenvalue weighted by atomic mass is 9.78. The van der Waals surface area contributed by atoms with Crippen molar-refractivity contribution in [3.8, 4) is 0 Å². The highest BCUT2D eigenvalue weighted by atomic mass is 79.9. The molecule has 1 aromatic heterocycles. The summed E-state index contributed by atoms with van der Waals surface area (Å²) in [4.78, 5) is 12.3. The fourth-order valence-corrected chi connectivity index (χ4v) is 3.03. The molecule has 0 aromatic carbocycles. The summed E-state index contributed by atoms with van der Waals surface area (Å²) < 4.78 is 5.49. The van der Waals surface area contributed by atoms with Crippen LogP contribution in [0.15, 0.2) is 4.42 Å². The van der Waals surface area contributed by atoms with Gasteiger partial charge in [0.1, 0.15) is 11.5 Å². The molecule has 0 bridgehead atoms. The van der Waals surface area contributed by atoms with Gasteiger partial charge in [-0.3, -0.25) is 4.79 Å². The number of halogens is 1. The number of carbonyl (C=O) groups is 1. The molecule has 1 saturated carbocycles. The van der Waals surface area contributed by atoms with E-state index in [-0.39, 0.29) is 11.4 Å². The van der Waals surface area contributed by atoms with Gasteiger partial charge < -0.3 is 9.73 Å². The molecular formula is C13H18BrNO2. The quantitative estimate of drug-likeness (QED) is 0.871. The van der Waals surface area contributed by atoms with Gasteiger partial charge in [-0.25, -0.2) is 0 Å². The standard InChI is InChI=1S/C13H18BrNO2/c1-8-9(2)17-10(3)11(8)12(16)15-13(7-14)5-4-6-13/h4-7H2,1-3H3,(H,15,16). The number of rotatable bonds is 3. The van der Waals surface area contributed by atoms with Gasteiger partial charge in [-0.1, -0.05) is 15.9 Å². The minimum Gasteiger partial charge on any atom is -0.466 e. The van der Waals surface area contributed by atoms with Crippen LogP contribution in [-0.4, -0.2) is 16.8 Å². The Morgan fingerprint density at radius 2 is 2.00 bits per heavy atom. The summed E-state index contributed by atoms with van der Waals surface area (Å²) in [6.07, 6.45) is 3.30. The first-order valence-corrected chi connectivity index (χ1v) is 7.06. The van der Waals surface area contributed by atoms with Crippen molar-refractivity contribution in [2.75, 3.05) is 5.33 Å². The molecule has 0 unspecified atom stereocenters. The van der Waals surface area contributed by atoms with E-state index < -0.39 is 0 Å². The van der Waals surface area contributed by atoms with E-state index in [1.807, 2.05) is 20.8 Å². The van der Waals surface area contributed by atoms with Gasteiger partial charge in [-0.2, -0.15) is 0 Å². The molecule has 1 aliphatic carbocycles. The highest BCUT2D eigenvalue weighted by Crippen LogP contribution is 2.34. The van der Waals surface area contributed by atoms with Gasteiger partial charge in [0, 0.05) is 10.9 Å². The molecule has 3 nitrogen and oxygen atoms in total. The van der Waals surface area contributed by atoms with Crippen LogP contribution in [0.25, 0.3) is 0 Å². The number of amides is 1. The van der Waals surface area contributed by atoms with Gasteiger partial charge >= 0.3 is 0 Å². The van der Waals surface area contributed by atoms with Crippen LogP contribution in [0.3, 0.4) is 0 Å². The third-order valence-electron chi connectivity index (χ3n) is 3.73. The minimum atomic E-state index is -0.0405. The molecule has 2 rings (SSSR count). The van der Waals surface area contributed by atoms with Crippen molar-refractivity contribution in [3.05, 3.63) is 22.6 Å². The predicted molar refractivity (Wildman–Crippen MR) is 70.8 cm³/mol. The third-order valence-corrected chi connectivity index (χ3v) is 4.81. The Hall–Kier alpha value is -0.770. The average Bonchev–Trinajstić information content (AvgIpc) is 2.47. The van der Waals surface area contributed by atoms with E-state index in [1.54, 1.807) is 0 Å². The molecule has 0 atom stereocenters. The number of hydrogen-bond acceptors (Lipinski definition) is 2. The lowest BCUT2D eigenvalue weighted by molar-refractivity contribution is 0.0854. The Balaban J connectivity index is 2.20. The number of nitrogens with one attached hydrogen (secondary N) is 1. The Kier molecular flexibility index (Phi) is 3.34. The first-order chi connectivity index (χ1) is 7.99. The number of furan rings is 1. The predicted octanol–water partition coefficient (Wildman–Crippen LogP) is 3.25. The van der Waals surface area contributed by atoms with Crippen molar-refractivity contribution in [3.63, 3.8) is 0 Å². The highest BCUT2D eigenvalue weighted by Gasteiger charge is 2.38. The maximum absolute atomic E-state index is 12.3. The molecule has 1 amide bonds. The van der Waals surface area contributed by atoms with Crippen LogP contribution in [0.1, 0.15) is 46.7 Å². The number of hydrogen-bond donors (Lipinski definition) is 1. The van der Waals surface area contributed by atoms with E-state index in [9.17, 15) is 4.79 Å². The van der Waals surface area contributed by atoms with Crippen molar-refractivity contribution in [1.82, 2.24) is 5.32 Å². The summed E-state index contributed by atoms with van der Waals surface area (Å²) in [6.45, 7) is 5.67. The SMILES string of the molecule is Cc1oc(C)c(C(=O)NC2(CBr)CCC2)c1C. The normalized spacial score (nSPS) is 17.6. The topological polar surface area (TPSA) is 42.2 Å². The Bertz CT molecular complexity index is 441. The van der Waals surface area contributed by atoms with Crippen molar-refractivity contribution >= 4 is 21.8 Å². The molecule has 1 N–H and O–H groups in total. The van der Waals surface area contributed by atoms with E-state index in [0.29, 0.717) is 11.3 Å². The Morgan fingerprint density at radius 1 is 1.35 bits per heavy atom. The zero-order valence-electron chi connectivity index (χ0n) is 10.5. The smallest absolute Gasteiger partial charge is 0.255 e. The number of carbonyl (C=O) groups excluding carboxylic acids is 1. The molecule has 0 saturated heterocycles. The number of alkyl halides is 1. The second-order valence-electron chi connectivity index (χ2n) is 4.94. The molecule has 17 heavy (non-hydrogen) atoms. The third kappa shape index (κ3) is 2.15. The molecule has 94 valence electrons. The summed E-state index contributed by atoms with van der Waals surface area (Å²) in [5, 5.41) is 3.97. The van der Waals surface area contributed by atoms with E-state index in [0.717, 1.165) is 29.5 Å². The van der Waals surface area contributed by atoms with Crippen molar-refractivity contribution in [2.24, 2.45) is 0 Å². The lowest BCUT2D eigenvalue weighted by Crippen LogP contribution is -2.55. The molecule has 4 heteroatoms. The summed E-state index contributed by atoms with van der Waals surface area (Å²) in [5.41, 5.74) is 1.61. The maximum atomic E-state index is 12.3. The molecule has 1 heterocycles. The minimum absolute atomic E-state index is 0.00370. The van der Waals surface area contributed by atoms with E-state index in [1.165, 1.54) is 6.42 Å². The van der Waals surface area contributed by atoms with Gasteiger partial charge in [-0.05, 0) is 40.0 Å². The van der Waals surface area contributed by atoms with Crippen LogP contribution >= 0.6 is 15.9 Å². The lowest BCUT2D eigenvalue weighted by Gasteiger charge is -2.41. The van der Waals surface area contributed by atoms with Crippen molar-refractivity contribution in [2.45, 2.75) is 45.6 Å². The van der Waals surface area contributed by atoms with Crippen LogP contribution in [0.4, 0.5) is 0 Å². The van der Waals surface area contributed by atoms with Crippen molar-refractivity contribution in [1.29, 1.82) is 0 Å². The first kappa shape index (κ1) is 12.7. The molecule has 0 radical (unpaired) electrons. The zero-order valence-corrected chi connectivity index (χ0v) is 12.1. The van der Waals surface area contributed by atoms with Crippen LogP contribution in [-0.2, 0) is 0 Å². The maximum Gasteiger partial charge on any atom is 0.255 e.